The molecule has 0 aliphatic rings. The van der Waals surface area contributed by atoms with Crippen LogP contribution in [0.1, 0.15) is 18.1 Å². The number of quaternary nitrogens is 1. The minimum Gasteiger partial charge on any atom is -0.378 e. The summed E-state index contributed by atoms with van der Waals surface area (Å²) in [5, 5.41) is 2.83. The molecule has 0 spiro atoms. The Kier molecular flexibility index (Phi) is 7.79. The van der Waals surface area contributed by atoms with E-state index >= 15 is 0 Å². The van der Waals surface area contributed by atoms with Gasteiger partial charge in [-0.1, -0.05) is 29.8 Å². The molecule has 0 aromatic heterocycles. The van der Waals surface area contributed by atoms with Gasteiger partial charge in [0.15, 0.2) is 6.04 Å². The van der Waals surface area contributed by atoms with Crippen molar-refractivity contribution in [1.82, 2.24) is 4.90 Å². The normalized spacial score (nSPS) is 12.8. The van der Waals surface area contributed by atoms with Gasteiger partial charge in [0.05, 0.1) is 13.6 Å². The molecular weight excluding hydrogens is 364 g/mol. The lowest BCUT2D eigenvalue weighted by atomic mass is 10.1. The lowest BCUT2D eigenvalue weighted by molar-refractivity contribution is -0.908. The fourth-order valence-electron chi connectivity index (χ4n) is 3.06. The summed E-state index contributed by atoms with van der Waals surface area (Å²) in [7, 11) is 7.70. The molecule has 2 N–H and O–H groups in total. The summed E-state index contributed by atoms with van der Waals surface area (Å²) in [5.74, 6) is -0.250. The van der Waals surface area contributed by atoms with E-state index in [1.165, 1.54) is 10.5 Å². The van der Waals surface area contributed by atoms with Crippen LogP contribution < -0.4 is 15.1 Å². The number of hydrogen-bond donors (Lipinski definition) is 2. The number of carbonyl (C=O) groups excluding carboxylic acids is 2. The van der Waals surface area contributed by atoms with Crippen molar-refractivity contribution >= 4 is 23.2 Å². The topological polar surface area (TPSA) is 57.1 Å². The van der Waals surface area contributed by atoms with Crippen LogP contribution in [0.3, 0.4) is 0 Å². The third-order valence-electron chi connectivity index (χ3n) is 5.14. The number of aryl methyl sites for hydroxylation is 1. The Labute approximate surface area is 174 Å². The van der Waals surface area contributed by atoms with Gasteiger partial charge in [0.2, 0.25) is 5.91 Å². The van der Waals surface area contributed by atoms with Crippen LogP contribution in [0.5, 0.6) is 0 Å². The number of rotatable bonds is 8. The molecule has 0 radical (unpaired) electrons. The predicted molar refractivity (Wildman–Crippen MR) is 118 cm³/mol. The first-order valence-corrected chi connectivity index (χ1v) is 9.87. The zero-order valence-electron chi connectivity index (χ0n) is 18.3. The van der Waals surface area contributed by atoms with Crippen molar-refractivity contribution < 1.29 is 14.5 Å². The first-order valence-electron chi connectivity index (χ1n) is 9.87. The molecule has 2 amide bonds. The Hall–Kier alpha value is -2.86. The molecule has 6 nitrogen and oxygen atoms in total. The summed E-state index contributed by atoms with van der Waals surface area (Å²) >= 11 is 0. The maximum absolute atomic E-state index is 12.8. The number of nitrogens with one attached hydrogen (secondary N) is 2. The van der Waals surface area contributed by atoms with Crippen LogP contribution in [-0.2, 0) is 16.1 Å². The highest BCUT2D eigenvalue weighted by Crippen LogP contribution is 2.11. The van der Waals surface area contributed by atoms with Crippen LogP contribution in [0.25, 0.3) is 0 Å². The molecule has 6 heteroatoms. The molecule has 1 unspecified atom stereocenters. The number of likely N-dealkylation sites (N-methyl/N-ethyl adjacent to an activating group) is 2. The fraction of sp³-hybridized carbons (Fsp3) is 0.391. The van der Waals surface area contributed by atoms with E-state index in [0.29, 0.717) is 0 Å². The van der Waals surface area contributed by atoms with Crippen LogP contribution in [0.4, 0.5) is 11.4 Å². The fourth-order valence-corrected chi connectivity index (χ4v) is 3.06. The highest BCUT2D eigenvalue weighted by molar-refractivity contribution is 5.94. The number of nitrogens with zero attached hydrogens (tertiary/aromatic N) is 2. The monoisotopic (exact) mass is 397 g/mol. The van der Waals surface area contributed by atoms with E-state index in [-0.39, 0.29) is 24.4 Å². The van der Waals surface area contributed by atoms with Crippen molar-refractivity contribution in [3.8, 4) is 0 Å². The van der Waals surface area contributed by atoms with Gasteiger partial charge in [-0.15, -0.1) is 0 Å². The van der Waals surface area contributed by atoms with Gasteiger partial charge in [-0.25, -0.2) is 0 Å². The maximum atomic E-state index is 12.8. The molecular formula is C23H33N4O2+. The van der Waals surface area contributed by atoms with Crippen LogP contribution in [0, 0.1) is 6.92 Å². The summed E-state index contributed by atoms with van der Waals surface area (Å²) in [5.41, 5.74) is 4.19. The molecule has 0 fully saturated rings. The van der Waals surface area contributed by atoms with Gasteiger partial charge in [-0.2, -0.15) is 0 Å². The lowest BCUT2D eigenvalue weighted by Gasteiger charge is -2.25. The van der Waals surface area contributed by atoms with E-state index < -0.39 is 0 Å². The summed E-state index contributed by atoms with van der Waals surface area (Å²) in [4.78, 5) is 29.7. The SMILES string of the molecule is Cc1ccc(NC(=O)CN(C)C(=O)[C@H](C)[NH+](C)Cc2ccc(N(C)C)cc2)cc1. The zero-order chi connectivity index (χ0) is 21.6. The van der Waals surface area contributed by atoms with Gasteiger partial charge in [-0.3, -0.25) is 9.59 Å². The minimum absolute atomic E-state index is 0.0296. The highest BCUT2D eigenvalue weighted by Gasteiger charge is 2.26. The second kappa shape index (κ2) is 10.1. The summed E-state index contributed by atoms with van der Waals surface area (Å²) in [6.45, 7) is 4.67. The number of anilines is 2. The van der Waals surface area contributed by atoms with E-state index in [4.69, 9.17) is 0 Å². The van der Waals surface area contributed by atoms with Crippen molar-refractivity contribution in [2.24, 2.45) is 0 Å². The first kappa shape index (κ1) is 22.4. The van der Waals surface area contributed by atoms with Crippen LogP contribution in [-0.4, -0.2) is 57.5 Å². The number of carbonyl (C=O) groups is 2. The largest absolute Gasteiger partial charge is 0.378 e. The molecule has 0 saturated heterocycles. The van der Waals surface area contributed by atoms with Gasteiger partial charge in [0.25, 0.3) is 5.91 Å². The lowest BCUT2D eigenvalue weighted by Crippen LogP contribution is -3.12. The van der Waals surface area contributed by atoms with Crippen molar-refractivity contribution in [1.29, 1.82) is 0 Å². The Bertz CT molecular complexity index is 816. The van der Waals surface area contributed by atoms with E-state index in [0.717, 1.165) is 28.4 Å². The van der Waals surface area contributed by atoms with Crippen LogP contribution in [0.15, 0.2) is 48.5 Å². The summed E-state index contributed by atoms with van der Waals surface area (Å²) in [6.07, 6.45) is 0. The Balaban J connectivity index is 1.88. The van der Waals surface area contributed by atoms with Crippen LogP contribution >= 0.6 is 0 Å². The van der Waals surface area contributed by atoms with Crippen molar-refractivity contribution in [3.63, 3.8) is 0 Å². The smallest absolute Gasteiger partial charge is 0.280 e. The van der Waals surface area contributed by atoms with Gasteiger partial charge in [0, 0.05) is 38.1 Å². The minimum atomic E-state index is -0.249. The molecule has 0 saturated carbocycles. The summed E-state index contributed by atoms with van der Waals surface area (Å²) in [6, 6.07) is 15.7. The molecule has 2 atom stereocenters. The molecule has 0 bridgehead atoms. The molecule has 2 rings (SSSR count). The molecule has 2 aromatic carbocycles. The maximum Gasteiger partial charge on any atom is 0.280 e. The van der Waals surface area contributed by atoms with E-state index in [9.17, 15) is 9.59 Å². The number of amides is 2. The quantitative estimate of drug-likeness (QED) is 0.711. The van der Waals surface area contributed by atoms with Gasteiger partial charge >= 0.3 is 0 Å². The number of hydrogen-bond acceptors (Lipinski definition) is 3. The molecule has 29 heavy (non-hydrogen) atoms. The molecule has 156 valence electrons. The Morgan fingerprint density at radius 2 is 1.59 bits per heavy atom. The molecule has 2 aromatic rings. The van der Waals surface area contributed by atoms with Crippen molar-refractivity contribution in [2.75, 3.05) is 45.0 Å². The van der Waals surface area contributed by atoms with Crippen molar-refractivity contribution in [2.45, 2.75) is 26.4 Å². The van der Waals surface area contributed by atoms with Crippen molar-refractivity contribution in [3.05, 3.63) is 59.7 Å². The number of benzene rings is 2. The van der Waals surface area contributed by atoms with E-state index in [1.807, 2.05) is 59.3 Å². The third kappa shape index (κ3) is 6.61. The standard InChI is InChI=1S/C23H32N4O2/c1-17-7-11-20(12-8-17)24-22(28)16-27(6)23(29)18(2)26(5)15-19-9-13-21(14-10-19)25(3)4/h7-14,18H,15-16H2,1-6H3,(H,24,28)/p+1/t18-/m0/s1. The average Bonchev–Trinajstić information content (AvgIpc) is 2.68. The zero-order valence-corrected chi connectivity index (χ0v) is 18.3. The average molecular weight is 398 g/mol. The van der Waals surface area contributed by atoms with Crippen LogP contribution in [0.2, 0.25) is 0 Å². The second-order valence-electron chi connectivity index (χ2n) is 7.91. The Morgan fingerprint density at radius 1 is 1.00 bits per heavy atom. The first-order chi connectivity index (χ1) is 13.7. The van der Waals surface area contributed by atoms with Gasteiger partial charge in [-0.05, 0) is 38.1 Å². The van der Waals surface area contributed by atoms with E-state index in [2.05, 4.69) is 34.5 Å². The van der Waals surface area contributed by atoms with Gasteiger partial charge in [0.1, 0.15) is 6.54 Å². The molecule has 0 aliphatic carbocycles. The van der Waals surface area contributed by atoms with E-state index in [1.54, 1.807) is 7.05 Å². The Morgan fingerprint density at radius 3 is 2.14 bits per heavy atom. The highest BCUT2D eigenvalue weighted by atomic mass is 16.2. The third-order valence-corrected chi connectivity index (χ3v) is 5.14. The second-order valence-corrected chi connectivity index (χ2v) is 7.91. The van der Waals surface area contributed by atoms with Gasteiger partial charge < -0.3 is 20.0 Å². The molecule has 0 heterocycles. The summed E-state index contributed by atoms with van der Waals surface area (Å²) < 4.78 is 0. The molecule has 0 aliphatic heterocycles. The predicted octanol–water partition coefficient (Wildman–Crippen LogP) is 1.56.